The van der Waals surface area contributed by atoms with E-state index in [1.165, 1.54) is 148 Å². The molecule has 89 heavy (non-hydrogen) atoms. The van der Waals surface area contributed by atoms with Crippen molar-refractivity contribution in [1.82, 2.24) is 0 Å². The number of esters is 4. The molecular weight excluding hydrogens is 1170 g/mol. The summed E-state index contributed by atoms with van der Waals surface area (Å²) in [4.78, 5) is 72.5. The summed E-state index contributed by atoms with van der Waals surface area (Å²) in [6.07, 6.45) is 41.9. The molecule has 0 aromatic heterocycles. The minimum absolute atomic E-state index is 0.102. The molecule has 6 atom stereocenters. The van der Waals surface area contributed by atoms with E-state index >= 15 is 0 Å². The first-order chi connectivity index (χ1) is 42.6. The smallest absolute Gasteiger partial charge is 0.462 e. The number of hydrogen-bond donors (Lipinski definition) is 3. The molecule has 0 aliphatic carbocycles. The third-order valence-corrected chi connectivity index (χ3v) is 18.3. The van der Waals surface area contributed by atoms with Crippen molar-refractivity contribution < 1.29 is 80.2 Å². The van der Waals surface area contributed by atoms with Crippen LogP contribution in [0.4, 0.5) is 0 Å². The van der Waals surface area contributed by atoms with Crippen LogP contribution in [0.15, 0.2) is 0 Å². The first-order valence-electron chi connectivity index (χ1n) is 36.2. The highest BCUT2D eigenvalue weighted by molar-refractivity contribution is 7.47. The maximum absolute atomic E-state index is 13.0. The van der Waals surface area contributed by atoms with Gasteiger partial charge in [-0.25, -0.2) is 9.13 Å². The Labute approximate surface area is 543 Å². The summed E-state index contributed by atoms with van der Waals surface area (Å²) in [5.41, 5.74) is 0. The van der Waals surface area contributed by atoms with Gasteiger partial charge in [-0.2, -0.15) is 0 Å². The number of carbonyl (C=O) groups is 4. The van der Waals surface area contributed by atoms with Crippen molar-refractivity contribution in [2.45, 2.75) is 363 Å². The van der Waals surface area contributed by atoms with Crippen LogP contribution in [0.25, 0.3) is 0 Å². The van der Waals surface area contributed by atoms with E-state index in [4.69, 9.17) is 37.0 Å². The van der Waals surface area contributed by atoms with E-state index in [0.717, 1.165) is 108 Å². The summed E-state index contributed by atoms with van der Waals surface area (Å²) in [7, 11) is -9.90. The number of carbonyl (C=O) groups excluding carboxylic acids is 4. The van der Waals surface area contributed by atoms with E-state index in [1.807, 2.05) is 0 Å². The summed E-state index contributed by atoms with van der Waals surface area (Å²) in [5.74, 6) is 0.829. The van der Waals surface area contributed by atoms with Gasteiger partial charge in [-0.15, -0.1) is 0 Å². The van der Waals surface area contributed by atoms with Crippen molar-refractivity contribution in [3.63, 3.8) is 0 Å². The van der Waals surface area contributed by atoms with Gasteiger partial charge in [-0.1, -0.05) is 293 Å². The van der Waals surface area contributed by atoms with Crippen LogP contribution >= 0.6 is 15.6 Å². The molecule has 0 aliphatic rings. The molecule has 0 saturated heterocycles. The Bertz CT molecular complexity index is 1770. The Morgan fingerprint density at radius 2 is 0.539 bits per heavy atom. The summed E-state index contributed by atoms with van der Waals surface area (Å²) in [6, 6.07) is 0. The Morgan fingerprint density at radius 1 is 0.315 bits per heavy atom. The fourth-order valence-corrected chi connectivity index (χ4v) is 12.0. The summed E-state index contributed by atoms with van der Waals surface area (Å²) in [5, 5.41) is 10.6. The Kier molecular flexibility index (Phi) is 58.5. The molecule has 0 rings (SSSR count). The zero-order valence-electron chi connectivity index (χ0n) is 58.1. The Morgan fingerprint density at radius 3 is 0.798 bits per heavy atom. The largest absolute Gasteiger partial charge is 0.472 e. The van der Waals surface area contributed by atoms with Gasteiger partial charge in [0.15, 0.2) is 12.2 Å². The average Bonchev–Trinajstić information content (AvgIpc) is 3.67. The lowest BCUT2D eigenvalue weighted by Crippen LogP contribution is -2.30. The maximum atomic E-state index is 13.0. The van der Waals surface area contributed by atoms with Crippen molar-refractivity contribution in [2.24, 2.45) is 23.7 Å². The van der Waals surface area contributed by atoms with Crippen LogP contribution in [-0.2, 0) is 65.4 Å². The highest BCUT2D eigenvalue weighted by atomic mass is 31.2. The molecule has 0 heterocycles. The summed E-state index contributed by atoms with van der Waals surface area (Å²) < 4.78 is 68.2. The second-order valence-electron chi connectivity index (χ2n) is 26.9. The van der Waals surface area contributed by atoms with Gasteiger partial charge in [0.2, 0.25) is 0 Å². The van der Waals surface area contributed by atoms with Crippen molar-refractivity contribution in [2.75, 3.05) is 39.6 Å². The topological polar surface area (TPSA) is 237 Å². The lowest BCUT2D eigenvalue weighted by molar-refractivity contribution is -0.161. The molecule has 528 valence electrons. The Hall–Kier alpha value is -1.94. The van der Waals surface area contributed by atoms with Crippen LogP contribution in [0.5, 0.6) is 0 Å². The molecule has 0 aromatic carbocycles. The molecule has 19 heteroatoms. The van der Waals surface area contributed by atoms with Gasteiger partial charge in [0, 0.05) is 25.7 Å². The van der Waals surface area contributed by atoms with Gasteiger partial charge < -0.3 is 33.8 Å². The van der Waals surface area contributed by atoms with Crippen molar-refractivity contribution in [3.8, 4) is 0 Å². The highest BCUT2D eigenvalue weighted by Crippen LogP contribution is 2.45. The van der Waals surface area contributed by atoms with Gasteiger partial charge in [0.05, 0.1) is 26.4 Å². The minimum Gasteiger partial charge on any atom is -0.462 e. The number of phosphoric acid groups is 2. The van der Waals surface area contributed by atoms with E-state index in [1.54, 1.807) is 0 Å². The molecule has 0 radical (unpaired) electrons. The number of unbranched alkanes of at least 4 members (excludes halogenated alkanes) is 32. The molecule has 0 saturated carbocycles. The zero-order chi connectivity index (χ0) is 66.1. The van der Waals surface area contributed by atoms with Gasteiger partial charge >= 0.3 is 39.5 Å². The van der Waals surface area contributed by atoms with Crippen LogP contribution in [0.1, 0.15) is 344 Å². The van der Waals surface area contributed by atoms with Crippen molar-refractivity contribution >= 4 is 39.5 Å². The number of rotatable bonds is 67. The monoisotopic (exact) mass is 1310 g/mol. The normalized spacial score (nSPS) is 14.6. The number of phosphoric ester groups is 2. The average molecular weight is 1310 g/mol. The van der Waals surface area contributed by atoms with E-state index in [9.17, 15) is 43.2 Å². The van der Waals surface area contributed by atoms with Crippen molar-refractivity contribution in [3.05, 3.63) is 0 Å². The maximum Gasteiger partial charge on any atom is 0.472 e. The SMILES string of the molecule is CCC(C)CCCCCCCCCCC(=O)O[C@H](COC(=O)CCCCCCCCCCC(C)C)COP(=O)(O)OCC(O)COP(=O)(O)OC[C@@H](COC(=O)CCCCCCCCCCCCCCCCC(C)C)OC(=O)CCCCCCCCC(C)C. The van der Waals surface area contributed by atoms with Crippen LogP contribution in [-0.4, -0.2) is 96.7 Å². The summed E-state index contributed by atoms with van der Waals surface area (Å²) >= 11 is 0. The quantitative estimate of drug-likeness (QED) is 0.0222. The molecule has 17 nitrogen and oxygen atoms in total. The fourth-order valence-electron chi connectivity index (χ4n) is 10.5. The predicted molar refractivity (Wildman–Crippen MR) is 358 cm³/mol. The number of aliphatic hydroxyl groups is 1. The van der Waals surface area contributed by atoms with Crippen molar-refractivity contribution in [1.29, 1.82) is 0 Å². The van der Waals surface area contributed by atoms with Gasteiger partial charge in [-0.05, 0) is 49.4 Å². The van der Waals surface area contributed by atoms with Gasteiger partial charge in [0.1, 0.15) is 19.3 Å². The fraction of sp³-hybridized carbons (Fsp3) is 0.943. The Balaban J connectivity index is 5.20. The molecule has 0 spiro atoms. The standard InChI is InChI=1S/C70H136O17P2/c1-9-63(8)49-41-33-24-19-21-27-36-44-52-69(74)86-65(56-81-68(73)51-43-35-26-20-18-23-31-39-47-61(4)5)58-84-88(76,77)82-54-64(71)55-83-89(78,79)85-59-66(87-70(75)53-45-37-29-28-32-40-48-62(6)7)57-80-67(72)50-42-34-25-17-15-13-11-10-12-14-16-22-30-38-46-60(2)3/h60-66,71H,9-59H2,1-8H3,(H,76,77)(H,78,79)/t63?,64?,65-,66-/m1/s1. The molecule has 0 amide bonds. The lowest BCUT2D eigenvalue weighted by Gasteiger charge is -2.21. The number of hydrogen-bond acceptors (Lipinski definition) is 15. The van der Waals surface area contributed by atoms with E-state index < -0.39 is 97.5 Å². The highest BCUT2D eigenvalue weighted by Gasteiger charge is 2.30. The molecule has 0 bridgehead atoms. The van der Waals surface area contributed by atoms with E-state index in [0.29, 0.717) is 31.6 Å². The molecule has 3 N–H and O–H groups in total. The molecular formula is C70H136O17P2. The third-order valence-electron chi connectivity index (χ3n) is 16.4. The molecule has 0 fully saturated rings. The second-order valence-corrected chi connectivity index (χ2v) is 29.8. The minimum atomic E-state index is -4.95. The number of aliphatic hydroxyl groups excluding tert-OH is 1. The second kappa shape index (κ2) is 59.8. The van der Waals surface area contributed by atoms with Gasteiger partial charge in [-0.3, -0.25) is 37.3 Å². The van der Waals surface area contributed by atoms with Crippen LogP contribution in [0.2, 0.25) is 0 Å². The van der Waals surface area contributed by atoms with E-state index in [2.05, 4.69) is 55.4 Å². The van der Waals surface area contributed by atoms with Crippen LogP contribution in [0, 0.1) is 23.7 Å². The molecule has 0 aromatic rings. The third kappa shape index (κ3) is 63.2. The molecule has 4 unspecified atom stereocenters. The van der Waals surface area contributed by atoms with Crippen LogP contribution < -0.4 is 0 Å². The van der Waals surface area contributed by atoms with E-state index in [-0.39, 0.29) is 25.7 Å². The van der Waals surface area contributed by atoms with Gasteiger partial charge in [0.25, 0.3) is 0 Å². The summed E-state index contributed by atoms with van der Waals surface area (Å²) in [6.45, 7) is 14.0. The predicted octanol–water partition coefficient (Wildman–Crippen LogP) is 19.7. The first kappa shape index (κ1) is 87.1. The number of ether oxygens (including phenoxy) is 4. The lowest BCUT2D eigenvalue weighted by atomic mass is 9.99. The zero-order valence-corrected chi connectivity index (χ0v) is 59.8. The van der Waals surface area contributed by atoms with Crippen LogP contribution in [0.3, 0.4) is 0 Å². The molecule has 0 aliphatic heterocycles. The first-order valence-corrected chi connectivity index (χ1v) is 39.2.